The maximum atomic E-state index is 11.9. The number of aryl methyl sites for hydroxylation is 1. The smallest absolute Gasteiger partial charge is 0.244 e. The zero-order chi connectivity index (χ0) is 19.8. The van der Waals surface area contributed by atoms with Gasteiger partial charge in [0.1, 0.15) is 12.4 Å². The summed E-state index contributed by atoms with van der Waals surface area (Å²) in [7, 11) is 1.60. The molecule has 3 rings (SSSR count). The van der Waals surface area contributed by atoms with Crippen LogP contribution in [0.25, 0.3) is 6.08 Å². The molecular weight excluding hydrogens is 354 g/mol. The fraction of sp³-hybridized carbons (Fsp3) is 0.174. The van der Waals surface area contributed by atoms with Crippen molar-refractivity contribution in [2.45, 2.75) is 20.1 Å². The summed E-state index contributed by atoms with van der Waals surface area (Å²) in [4.78, 5) is 11.9. The van der Waals surface area contributed by atoms with Gasteiger partial charge in [-0.25, -0.2) is 0 Å². The van der Waals surface area contributed by atoms with E-state index in [0.29, 0.717) is 30.4 Å². The topological polar surface area (TPSA) is 60.7 Å². The van der Waals surface area contributed by atoms with Gasteiger partial charge in [0, 0.05) is 6.08 Å². The molecular formula is C23H23NO4. The largest absolute Gasteiger partial charge is 0.493 e. The predicted molar refractivity (Wildman–Crippen MR) is 108 cm³/mol. The molecule has 3 aromatic rings. The molecule has 0 radical (unpaired) electrons. The third-order valence-electron chi connectivity index (χ3n) is 4.28. The summed E-state index contributed by atoms with van der Waals surface area (Å²) < 4.78 is 16.5. The van der Waals surface area contributed by atoms with Crippen LogP contribution in [0.15, 0.2) is 71.4 Å². The highest BCUT2D eigenvalue weighted by atomic mass is 16.5. The van der Waals surface area contributed by atoms with Crippen LogP contribution < -0.4 is 14.8 Å². The van der Waals surface area contributed by atoms with Crippen LogP contribution in [0.5, 0.6) is 11.5 Å². The molecule has 0 atom stereocenters. The molecule has 0 fully saturated rings. The Morgan fingerprint density at radius 2 is 1.96 bits per heavy atom. The molecule has 5 nitrogen and oxygen atoms in total. The van der Waals surface area contributed by atoms with Gasteiger partial charge in [-0.3, -0.25) is 4.79 Å². The van der Waals surface area contributed by atoms with Crippen LogP contribution in [0.3, 0.4) is 0 Å². The molecule has 5 heteroatoms. The second kappa shape index (κ2) is 9.46. The number of hydrogen-bond donors (Lipinski definition) is 1. The predicted octanol–water partition coefficient (Wildman–Crippen LogP) is 4.51. The van der Waals surface area contributed by atoms with E-state index in [4.69, 9.17) is 13.9 Å². The number of methoxy groups -OCH3 is 1. The van der Waals surface area contributed by atoms with Crippen LogP contribution in [0.4, 0.5) is 0 Å². The molecule has 144 valence electrons. The van der Waals surface area contributed by atoms with Crippen molar-refractivity contribution in [2.75, 3.05) is 7.11 Å². The number of carbonyl (C=O) groups excluding carboxylic acids is 1. The molecule has 0 unspecified atom stereocenters. The molecule has 0 spiro atoms. The van der Waals surface area contributed by atoms with Gasteiger partial charge >= 0.3 is 0 Å². The monoisotopic (exact) mass is 377 g/mol. The van der Waals surface area contributed by atoms with Crippen LogP contribution in [-0.4, -0.2) is 13.0 Å². The molecule has 1 amide bonds. The second-order valence-electron chi connectivity index (χ2n) is 6.26. The number of nitrogens with one attached hydrogen (secondary N) is 1. The van der Waals surface area contributed by atoms with Crippen molar-refractivity contribution in [1.82, 2.24) is 5.32 Å². The number of amides is 1. The molecule has 0 bridgehead atoms. The Bertz CT molecular complexity index is 945. The maximum absolute atomic E-state index is 11.9. The van der Waals surface area contributed by atoms with Gasteiger partial charge in [-0.2, -0.15) is 0 Å². The van der Waals surface area contributed by atoms with Crippen molar-refractivity contribution in [3.63, 3.8) is 0 Å². The zero-order valence-corrected chi connectivity index (χ0v) is 16.0. The molecule has 0 aliphatic carbocycles. The van der Waals surface area contributed by atoms with Crippen molar-refractivity contribution in [2.24, 2.45) is 0 Å². The van der Waals surface area contributed by atoms with E-state index in [0.717, 1.165) is 11.1 Å². The van der Waals surface area contributed by atoms with Crippen molar-refractivity contribution in [1.29, 1.82) is 0 Å². The van der Waals surface area contributed by atoms with Crippen molar-refractivity contribution in [3.8, 4) is 11.5 Å². The third kappa shape index (κ3) is 5.27. The van der Waals surface area contributed by atoms with Gasteiger partial charge in [0.15, 0.2) is 11.5 Å². The molecule has 0 saturated carbocycles. The number of carbonyl (C=O) groups is 1. The molecule has 0 aliphatic rings. The highest BCUT2D eigenvalue weighted by Crippen LogP contribution is 2.29. The lowest BCUT2D eigenvalue weighted by Crippen LogP contribution is -2.19. The van der Waals surface area contributed by atoms with Crippen LogP contribution in [0.2, 0.25) is 0 Å². The minimum absolute atomic E-state index is 0.199. The number of furan rings is 1. The SMILES string of the molecule is COc1cc(/C=C/C(=O)NCc2ccco2)ccc1OCc1ccccc1C. The first-order chi connectivity index (χ1) is 13.7. The fourth-order valence-corrected chi connectivity index (χ4v) is 2.65. The normalized spacial score (nSPS) is 10.8. The van der Waals surface area contributed by atoms with Gasteiger partial charge in [-0.05, 0) is 54.0 Å². The molecule has 1 N–H and O–H groups in total. The standard InChI is InChI=1S/C23H23NO4/c1-17-6-3-4-7-19(17)16-28-21-11-9-18(14-22(21)26-2)10-12-23(25)24-15-20-8-5-13-27-20/h3-14H,15-16H2,1-2H3,(H,24,25)/b12-10+. The van der Waals surface area contributed by atoms with E-state index >= 15 is 0 Å². The van der Waals surface area contributed by atoms with Crippen molar-refractivity contribution < 1.29 is 18.7 Å². The summed E-state index contributed by atoms with van der Waals surface area (Å²) in [6.45, 7) is 2.87. The summed E-state index contributed by atoms with van der Waals surface area (Å²) in [5.41, 5.74) is 3.15. The first kappa shape index (κ1) is 19.3. The fourth-order valence-electron chi connectivity index (χ4n) is 2.65. The van der Waals surface area contributed by atoms with Gasteiger partial charge in [0.05, 0.1) is 19.9 Å². The van der Waals surface area contributed by atoms with Crippen LogP contribution >= 0.6 is 0 Å². The van der Waals surface area contributed by atoms with Gasteiger partial charge in [-0.1, -0.05) is 30.3 Å². The van der Waals surface area contributed by atoms with Gasteiger partial charge in [-0.15, -0.1) is 0 Å². The Balaban J connectivity index is 1.60. The molecule has 28 heavy (non-hydrogen) atoms. The number of ether oxygens (including phenoxy) is 2. The van der Waals surface area contributed by atoms with E-state index in [1.807, 2.05) is 42.5 Å². The summed E-state index contributed by atoms with van der Waals surface area (Å²) >= 11 is 0. The van der Waals surface area contributed by atoms with E-state index in [9.17, 15) is 4.79 Å². The average molecular weight is 377 g/mol. The molecule has 0 aliphatic heterocycles. The molecule has 2 aromatic carbocycles. The Morgan fingerprint density at radius 3 is 2.71 bits per heavy atom. The highest BCUT2D eigenvalue weighted by molar-refractivity contribution is 5.91. The zero-order valence-electron chi connectivity index (χ0n) is 16.0. The van der Waals surface area contributed by atoms with Crippen LogP contribution in [0.1, 0.15) is 22.5 Å². The quantitative estimate of drug-likeness (QED) is 0.587. The van der Waals surface area contributed by atoms with Gasteiger partial charge in [0.25, 0.3) is 0 Å². The first-order valence-corrected chi connectivity index (χ1v) is 8.99. The lowest BCUT2D eigenvalue weighted by atomic mass is 10.1. The number of benzene rings is 2. The molecule has 0 saturated heterocycles. The van der Waals surface area contributed by atoms with E-state index in [-0.39, 0.29) is 5.91 Å². The number of hydrogen-bond acceptors (Lipinski definition) is 4. The Morgan fingerprint density at radius 1 is 1.11 bits per heavy atom. The summed E-state index contributed by atoms with van der Waals surface area (Å²) in [6, 6.07) is 17.3. The summed E-state index contributed by atoms with van der Waals surface area (Å²) in [6.07, 6.45) is 4.78. The maximum Gasteiger partial charge on any atom is 0.244 e. The Labute approximate surface area is 164 Å². The minimum atomic E-state index is -0.199. The lowest BCUT2D eigenvalue weighted by molar-refractivity contribution is -0.116. The van der Waals surface area contributed by atoms with E-state index in [1.165, 1.54) is 11.6 Å². The second-order valence-corrected chi connectivity index (χ2v) is 6.26. The van der Waals surface area contributed by atoms with E-state index in [2.05, 4.69) is 18.3 Å². The summed E-state index contributed by atoms with van der Waals surface area (Å²) in [5.74, 6) is 1.78. The molecule has 1 aromatic heterocycles. The van der Waals surface area contributed by atoms with Gasteiger partial charge < -0.3 is 19.2 Å². The van der Waals surface area contributed by atoms with Crippen molar-refractivity contribution >= 4 is 12.0 Å². The summed E-state index contributed by atoms with van der Waals surface area (Å²) in [5, 5.41) is 2.76. The molecule has 1 heterocycles. The third-order valence-corrected chi connectivity index (χ3v) is 4.28. The average Bonchev–Trinajstić information content (AvgIpc) is 3.24. The van der Waals surface area contributed by atoms with E-state index in [1.54, 1.807) is 25.5 Å². The number of rotatable bonds is 8. The highest BCUT2D eigenvalue weighted by Gasteiger charge is 2.07. The van der Waals surface area contributed by atoms with Crippen LogP contribution in [-0.2, 0) is 17.9 Å². The lowest BCUT2D eigenvalue weighted by Gasteiger charge is -2.12. The van der Waals surface area contributed by atoms with Gasteiger partial charge in [0.2, 0.25) is 5.91 Å². The van der Waals surface area contributed by atoms with Crippen LogP contribution in [0, 0.1) is 6.92 Å². The Kier molecular flexibility index (Phi) is 6.52. The van der Waals surface area contributed by atoms with E-state index < -0.39 is 0 Å². The first-order valence-electron chi connectivity index (χ1n) is 8.99. The van der Waals surface area contributed by atoms with Crippen molar-refractivity contribution in [3.05, 3.63) is 89.4 Å². The minimum Gasteiger partial charge on any atom is -0.493 e. The Hall–Kier alpha value is -3.47.